The van der Waals surface area contributed by atoms with Gasteiger partial charge < -0.3 is 15.8 Å². The molecule has 3 rings (SSSR count). The Balaban J connectivity index is 1.68. The second kappa shape index (κ2) is 10.4. The first-order valence-corrected chi connectivity index (χ1v) is 11.9. The summed E-state index contributed by atoms with van der Waals surface area (Å²) in [7, 11) is 0.383. The Morgan fingerprint density at radius 2 is 1.94 bits per heavy atom. The number of sulfonamides is 1. The van der Waals surface area contributed by atoms with E-state index >= 15 is 0 Å². The number of carbonyl (C=O) groups excluding carboxylic acids is 1. The van der Waals surface area contributed by atoms with Crippen LogP contribution in [-0.4, -0.2) is 56.2 Å². The number of nitriles is 1. The average molecular weight is 483 g/mol. The third kappa shape index (κ3) is 5.03. The standard InChI is InChI=1S/C23H26N6O4S/c1-28(2)34(31,32)21-14-16(11-12-20(21)33-3)23(30)26-13-7-10-19-18(15-24)22(25)29(27-19)17-8-5-4-6-9-17/h4-6,8-9,11-12,14H,7,10,13,25H2,1-3H3,(H,26,30). The number of carbonyl (C=O) groups is 1. The summed E-state index contributed by atoms with van der Waals surface area (Å²) < 4.78 is 32.9. The number of nitrogen functional groups attached to an aromatic ring is 1. The number of nitrogens with zero attached hydrogens (tertiary/aromatic N) is 4. The molecule has 0 saturated carbocycles. The van der Waals surface area contributed by atoms with E-state index in [1.54, 1.807) is 0 Å². The number of rotatable bonds is 9. The summed E-state index contributed by atoms with van der Waals surface area (Å²) in [6.07, 6.45) is 0.931. The Hall–Kier alpha value is -3.88. The van der Waals surface area contributed by atoms with E-state index in [9.17, 15) is 18.5 Å². The van der Waals surface area contributed by atoms with Crippen LogP contribution in [0.3, 0.4) is 0 Å². The third-order valence-corrected chi connectivity index (χ3v) is 7.00. The molecule has 178 valence electrons. The van der Waals surface area contributed by atoms with Crippen molar-refractivity contribution in [2.75, 3.05) is 33.5 Å². The van der Waals surface area contributed by atoms with Crippen LogP contribution in [0.25, 0.3) is 5.69 Å². The fourth-order valence-corrected chi connectivity index (χ4v) is 4.39. The van der Waals surface area contributed by atoms with Crippen molar-refractivity contribution >= 4 is 21.7 Å². The smallest absolute Gasteiger partial charge is 0.251 e. The number of aromatic nitrogens is 2. The van der Waals surface area contributed by atoms with E-state index in [4.69, 9.17) is 10.5 Å². The van der Waals surface area contributed by atoms with Gasteiger partial charge in [0.25, 0.3) is 5.91 Å². The molecule has 1 heterocycles. The van der Waals surface area contributed by atoms with Gasteiger partial charge in [0.05, 0.1) is 18.5 Å². The number of anilines is 1. The highest BCUT2D eigenvalue weighted by atomic mass is 32.2. The van der Waals surface area contributed by atoms with Crippen LogP contribution in [0, 0.1) is 11.3 Å². The highest BCUT2D eigenvalue weighted by molar-refractivity contribution is 7.89. The second-order valence-electron chi connectivity index (χ2n) is 7.58. The van der Waals surface area contributed by atoms with Gasteiger partial charge in [0.2, 0.25) is 10.0 Å². The molecule has 0 spiro atoms. The first-order chi connectivity index (χ1) is 16.2. The summed E-state index contributed by atoms with van der Waals surface area (Å²) in [4.78, 5) is 12.5. The number of amides is 1. The summed E-state index contributed by atoms with van der Waals surface area (Å²) in [5.74, 6) is -0.00540. The molecule has 0 fully saturated rings. The Kier molecular flexibility index (Phi) is 7.55. The molecule has 0 aliphatic carbocycles. The zero-order valence-corrected chi connectivity index (χ0v) is 20.0. The molecule has 0 aliphatic rings. The van der Waals surface area contributed by atoms with Gasteiger partial charge in [-0.1, -0.05) is 18.2 Å². The predicted octanol–water partition coefficient (Wildman–Crippen LogP) is 1.95. The molecule has 34 heavy (non-hydrogen) atoms. The van der Waals surface area contributed by atoms with E-state index in [-0.39, 0.29) is 22.0 Å². The number of methoxy groups -OCH3 is 1. The van der Waals surface area contributed by atoms with Crippen molar-refractivity contribution < 1.29 is 17.9 Å². The number of nitrogens with one attached hydrogen (secondary N) is 1. The van der Waals surface area contributed by atoms with Crippen molar-refractivity contribution in [1.82, 2.24) is 19.4 Å². The topological polar surface area (TPSA) is 143 Å². The van der Waals surface area contributed by atoms with Crippen molar-refractivity contribution in [3.05, 3.63) is 65.4 Å². The van der Waals surface area contributed by atoms with Gasteiger partial charge in [0, 0.05) is 26.2 Å². The lowest BCUT2D eigenvalue weighted by Crippen LogP contribution is -2.26. The number of aryl methyl sites for hydroxylation is 1. The van der Waals surface area contributed by atoms with E-state index in [1.165, 1.54) is 44.1 Å². The highest BCUT2D eigenvalue weighted by Gasteiger charge is 2.24. The van der Waals surface area contributed by atoms with Crippen LogP contribution in [0.5, 0.6) is 5.75 Å². The van der Waals surface area contributed by atoms with Crippen LogP contribution >= 0.6 is 0 Å². The fourth-order valence-electron chi connectivity index (χ4n) is 3.32. The van der Waals surface area contributed by atoms with Gasteiger partial charge in [0.15, 0.2) is 0 Å². The second-order valence-corrected chi connectivity index (χ2v) is 9.70. The summed E-state index contributed by atoms with van der Waals surface area (Å²) in [5, 5.41) is 16.7. The van der Waals surface area contributed by atoms with E-state index in [2.05, 4.69) is 16.5 Å². The highest BCUT2D eigenvalue weighted by Crippen LogP contribution is 2.27. The van der Waals surface area contributed by atoms with Gasteiger partial charge >= 0.3 is 0 Å². The Morgan fingerprint density at radius 3 is 2.56 bits per heavy atom. The number of benzene rings is 2. The molecule has 0 bridgehead atoms. The summed E-state index contributed by atoms with van der Waals surface area (Å²) in [6, 6.07) is 15.6. The van der Waals surface area contributed by atoms with Gasteiger partial charge in [-0.25, -0.2) is 17.4 Å². The monoisotopic (exact) mass is 482 g/mol. The van der Waals surface area contributed by atoms with Crippen LogP contribution in [0.4, 0.5) is 5.82 Å². The number of nitrogens with two attached hydrogens (primary N) is 1. The van der Waals surface area contributed by atoms with E-state index in [0.29, 0.717) is 30.6 Å². The van der Waals surface area contributed by atoms with Crippen LogP contribution in [0.2, 0.25) is 0 Å². The van der Waals surface area contributed by atoms with Gasteiger partial charge in [-0.05, 0) is 43.2 Å². The SMILES string of the molecule is COc1ccc(C(=O)NCCCc2nn(-c3ccccc3)c(N)c2C#N)cc1S(=O)(=O)N(C)C. The predicted molar refractivity (Wildman–Crippen MR) is 127 cm³/mol. The molecular weight excluding hydrogens is 456 g/mol. The molecule has 0 atom stereocenters. The molecule has 1 aromatic heterocycles. The minimum atomic E-state index is -3.79. The summed E-state index contributed by atoms with van der Waals surface area (Å²) >= 11 is 0. The number of para-hydroxylation sites is 1. The Morgan fingerprint density at radius 1 is 1.24 bits per heavy atom. The molecule has 3 aromatic rings. The molecule has 11 heteroatoms. The van der Waals surface area contributed by atoms with E-state index in [1.807, 2.05) is 30.3 Å². The lowest BCUT2D eigenvalue weighted by molar-refractivity contribution is 0.0953. The zero-order valence-electron chi connectivity index (χ0n) is 19.1. The molecule has 10 nitrogen and oxygen atoms in total. The summed E-state index contributed by atoms with van der Waals surface area (Å²) in [6.45, 7) is 0.295. The minimum Gasteiger partial charge on any atom is -0.495 e. The molecule has 2 aromatic carbocycles. The Labute approximate surface area is 198 Å². The normalized spacial score (nSPS) is 11.3. The number of ether oxygens (including phenoxy) is 1. The lowest BCUT2D eigenvalue weighted by Gasteiger charge is -2.15. The van der Waals surface area contributed by atoms with Crippen molar-refractivity contribution in [3.63, 3.8) is 0 Å². The quantitative estimate of drug-likeness (QED) is 0.444. The maximum atomic E-state index is 12.6. The minimum absolute atomic E-state index is 0.0896. The largest absolute Gasteiger partial charge is 0.495 e. The van der Waals surface area contributed by atoms with Crippen molar-refractivity contribution in [2.45, 2.75) is 17.7 Å². The third-order valence-electron chi connectivity index (χ3n) is 5.17. The van der Waals surface area contributed by atoms with Crippen LogP contribution in [0.1, 0.15) is 28.0 Å². The molecule has 0 radical (unpaired) electrons. The molecule has 0 aliphatic heterocycles. The van der Waals surface area contributed by atoms with Crippen LogP contribution < -0.4 is 15.8 Å². The van der Waals surface area contributed by atoms with Gasteiger partial charge in [-0.2, -0.15) is 10.4 Å². The van der Waals surface area contributed by atoms with Gasteiger partial charge in [0.1, 0.15) is 28.1 Å². The molecule has 1 amide bonds. The molecule has 0 saturated heterocycles. The van der Waals surface area contributed by atoms with Gasteiger partial charge in [-0.15, -0.1) is 0 Å². The van der Waals surface area contributed by atoms with Crippen molar-refractivity contribution in [2.24, 2.45) is 0 Å². The maximum absolute atomic E-state index is 12.6. The van der Waals surface area contributed by atoms with E-state index < -0.39 is 15.9 Å². The lowest BCUT2D eigenvalue weighted by atomic mass is 10.1. The van der Waals surface area contributed by atoms with Crippen molar-refractivity contribution in [3.8, 4) is 17.5 Å². The Bertz CT molecular complexity index is 1330. The van der Waals surface area contributed by atoms with Crippen LogP contribution in [0.15, 0.2) is 53.4 Å². The molecule has 3 N–H and O–H groups in total. The number of hydrogen-bond acceptors (Lipinski definition) is 7. The maximum Gasteiger partial charge on any atom is 0.251 e. The average Bonchev–Trinajstić information content (AvgIpc) is 3.16. The number of hydrogen-bond donors (Lipinski definition) is 2. The summed E-state index contributed by atoms with van der Waals surface area (Å²) in [5.41, 5.74) is 7.91. The first kappa shape index (κ1) is 24.8. The van der Waals surface area contributed by atoms with Gasteiger partial charge in [-0.3, -0.25) is 4.79 Å². The molecular formula is C23H26N6O4S. The van der Waals surface area contributed by atoms with Crippen LogP contribution in [-0.2, 0) is 16.4 Å². The van der Waals surface area contributed by atoms with E-state index in [0.717, 1.165) is 9.99 Å². The molecule has 0 unspecified atom stereocenters. The van der Waals surface area contributed by atoms with Crippen molar-refractivity contribution in [1.29, 1.82) is 5.26 Å². The first-order valence-electron chi connectivity index (χ1n) is 10.4. The fraction of sp³-hybridized carbons (Fsp3) is 0.261. The zero-order chi connectivity index (χ0) is 24.9.